The zero-order valence-electron chi connectivity index (χ0n) is 7.20. The van der Waals surface area contributed by atoms with Crippen LogP contribution >= 0.6 is 0 Å². The maximum Gasteiger partial charge on any atom is 0.0824 e. The lowest BCUT2D eigenvalue weighted by Gasteiger charge is -2.33. The molecule has 0 aromatic rings. The first-order chi connectivity index (χ1) is 5.88. The van der Waals surface area contributed by atoms with Crippen LogP contribution in [0.4, 0.5) is 0 Å². The molecule has 1 spiro atoms. The van der Waals surface area contributed by atoms with Crippen LogP contribution in [0.3, 0.4) is 0 Å². The molecule has 1 saturated heterocycles. The van der Waals surface area contributed by atoms with Gasteiger partial charge in [0.1, 0.15) is 0 Å². The van der Waals surface area contributed by atoms with Crippen LogP contribution in [0, 0.1) is 17.3 Å². The Morgan fingerprint density at radius 2 is 2.33 bits per heavy atom. The summed E-state index contributed by atoms with van der Waals surface area (Å²) in [7, 11) is 0. The lowest BCUT2D eigenvalue weighted by atomic mass is 9.69. The van der Waals surface area contributed by atoms with E-state index in [4.69, 9.17) is 4.74 Å². The van der Waals surface area contributed by atoms with Gasteiger partial charge in [0.15, 0.2) is 0 Å². The Hall–Kier alpha value is -0.300. The molecule has 2 heterocycles. The third kappa shape index (κ3) is 0.466. The Labute approximate surface area is 72.8 Å². The van der Waals surface area contributed by atoms with Gasteiger partial charge in [0, 0.05) is 5.41 Å². The zero-order valence-corrected chi connectivity index (χ0v) is 7.20. The molecule has 1 nitrogen and oxygen atoms in total. The van der Waals surface area contributed by atoms with E-state index in [1.807, 2.05) is 0 Å². The smallest absolute Gasteiger partial charge is 0.0824 e. The van der Waals surface area contributed by atoms with E-state index in [0.29, 0.717) is 17.6 Å². The minimum atomic E-state index is 0.514. The van der Waals surface area contributed by atoms with Crippen molar-refractivity contribution in [1.29, 1.82) is 0 Å². The first-order valence-electron chi connectivity index (χ1n) is 5.22. The molecule has 12 heavy (non-hydrogen) atoms. The van der Waals surface area contributed by atoms with Crippen molar-refractivity contribution in [3.05, 3.63) is 12.2 Å². The Balaban J connectivity index is 1.89. The van der Waals surface area contributed by atoms with Crippen LogP contribution in [0.15, 0.2) is 12.2 Å². The largest absolute Gasteiger partial charge is 0.366 e. The van der Waals surface area contributed by atoms with Crippen LogP contribution in [0.2, 0.25) is 0 Å². The Bertz CT molecular complexity index is 270. The number of hydrogen-bond acceptors (Lipinski definition) is 1. The second-order valence-electron chi connectivity index (χ2n) is 5.09. The van der Waals surface area contributed by atoms with Gasteiger partial charge < -0.3 is 4.74 Å². The predicted molar refractivity (Wildman–Crippen MR) is 45.7 cm³/mol. The SMILES string of the molecule is C1=CC2OC1C1CC3CCC21C3. The Morgan fingerprint density at radius 3 is 3.17 bits per heavy atom. The molecule has 0 amide bonds. The fourth-order valence-electron chi connectivity index (χ4n) is 4.30. The molecule has 5 atom stereocenters. The predicted octanol–water partition coefficient (Wildman–Crippen LogP) is 2.13. The van der Waals surface area contributed by atoms with Crippen molar-refractivity contribution in [1.82, 2.24) is 0 Å². The fraction of sp³-hybridized carbons (Fsp3) is 0.818. The standard InChI is InChI=1S/C11H14O/c1-2-10-11-4-3-7(6-11)5-8(11)9(1)12-10/h1-2,7-10H,3-6H2. The van der Waals surface area contributed by atoms with E-state index in [-0.39, 0.29) is 0 Å². The normalized spacial score (nSPS) is 64.7. The molecule has 2 aliphatic carbocycles. The number of hydrogen-bond donors (Lipinski definition) is 0. The minimum absolute atomic E-state index is 0.514. The van der Waals surface area contributed by atoms with Crippen molar-refractivity contribution in [2.45, 2.75) is 37.9 Å². The summed E-state index contributed by atoms with van der Waals surface area (Å²) in [6.07, 6.45) is 11.5. The second kappa shape index (κ2) is 1.65. The second-order valence-corrected chi connectivity index (χ2v) is 5.09. The van der Waals surface area contributed by atoms with E-state index in [2.05, 4.69) is 12.2 Å². The molecule has 2 aliphatic heterocycles. The molecule has 0 aromatic carbocycles. The summed E-state index contributed by atoms with van der Waals surface area (Å²) < 4.78 is 5.95. The van der Waals surface area contributed by atoms with Gasteiger partial charge >= 0.3 is 0 Å². The van der Waals surface area contributed by atoms with Crippen molar-refractivity contribution in [2.75, 3.05) is 0 Å². The van der Waals surface area contributed by atoms with Crippen LogP contribution in [0.5, 0.6) is 0 Å². The molecule has 4 aliphatic rings. The molecule has 4 rings (SSSR count). The van der Waals surface area contributed by atoms with Gasteiger partial charge in [-0.2, -0.15) is 0 Å². The van der Waals surface area contributed by atoms with E-state index in [0.717, 1.165) is 11.8 Å². The molecule has 1 heteroatoms. The fourth-order valence-corrected chi connectivity index (χ4v) is 4.30. The highest BCUT2D eigenvalue weighted by Gasteiger charge is 2.64. The number of rotatable bonds is 0. The summed E-state index contributed by atoms with van der Waals surface area (Å²) in [5.74, 6) is 1.97. The van der Waals surface area contributed by atoms with Crippen LogP contribution in [-0.4, -0.2) is 12.2 Å². The highest BCUT2D eigenvalue weighted by Crippen LogP contribution is 2.66. The maximum absolute atomic E-state index is 5.95. The first kappa shape index (κ1) is 6.20. The van der Waals surface area contributed by atoms with Gasteiger partial charge in [-0.25, -0.2) is 0 Å². The van der Waals surface area contributed by atoms with Gasteiger partial charge in [-0.3, -0.25) is 0 Å². The highest BCUT2D eigenvalue weighted by atomic mass is 16.5. The van der Waals surface area contributed by atoms with Crippen molar-refractivity contribution >= 4 is 0 Å². The summed E-state index contributed by atoms with van der Waals surface area (Å²) in [5.41, 5.74) is 0.629. The monoisotopic (exact) mass is 162 g/mol. The molecule has 4 bridgehead atoms. The van der Waals surface area contributed by atoms with Gasteiger partial charge in [-0.05, 0) is 37.5 Å². The summed E-state index contributed by atoms with van der Waals surface area (Å²) in [6, 6.07) is 0. The van der Waals surface area contributed by atoms with E-state index in [1.165, 1.54) is 25.7 Å². The zero-order chi connectivity index (χ0) is 7.76. The lowest BCUT2D eigenvalue weighted by Crippen LogP contribution is -2.33. The molecule has 0 aromatic heterocycles. The van der Waals surface area contributed by atoms with Crippen LogP contribution in [-0.2, 0) is 4.74 Å². The summed E-state index contributed by atoms with van der Waals surface area (Å²) >= 11 is 0. The van der Waals surface area contributed by atoms with Gasteiger partial charge in [0.2, 0.25) is 0 Å². The van der Waals surface area contributed by atoms with E-state index < -0.39 is 0 Å². The molecule has 2 saturated carbocycles. The third-order valence-electron chi connectivity index (χ3n) is 4.76. The van der Waals surface area contributed by atoms with E-state index in [9.17, 15) is 0 Å². The van der Waals surface area contributed by atoms with Gasteiger partial charge in [0.25, 0.3) is 0 Å². The quantitative estimate of drug-likeness (QED) is 0.496. The highest BCUT2D eigenvalue weighted by molar-refractivity contribution is 5.24. The average Bonchev–Trinajstić information content (AvgIpc) is 2.81. The molecule has 0 N–H and O–H groups in total. The van der Waals surface area contributed by atoms with E-state index in [1.54, 1.807) is 0 Å². The molecular weight excluding hydrogens is 148 g/mol. The average molecular weight is 162 g/mol. The van der Waals surface area contributed by atoms with Crippen molar-refractivity contribution in [2.24, 2.45) is 17.3 Å². The van der Waals surface area contributed by atoms with Crippen LogP contribution < -0.4 is 0 Å². The molecule has 0 radical (unpaired) electrons. The minimum Gasteiger partial charge on any atom is -0.366 e. The topological polar surface area (TPSA) is 9.23 Å². The number of ether oxygens (including phenoxy) is 1. The molecule has 64 valence electrons. The summed E-state index contributed by atoms with van der Waals surface area (Å²) in [4.78, 5) is 0. The summed E-state index contributed by atoms with van der Waals surface area (Å²) in [6.45, 7) is 0. The molecular formula is C11H14O. The third-order valence-corrected chi connectivity index (χ3v) is 4.76. The molecule has 5 unspecified atom stereocenters. The Kier molecular flexibility index (Phi) is 0.852. The van der Waals surface area contributed by atoms with Crippen LogP contribution in [0.25, 0.3) is 0 Å². The van der Waals surface area contributed by atoms with E-state index >= 15 is 0 Å². The summed E-state index contributed by atoms with van der Waals surface area (Å²) in [5, 5.41) is 0. The molecule has 3 fully saturated rings. The van der Waals surface area contributed by atoms with Crippen molar-refractivity contribution < 1.29 is 4.74 Å². The van der Waals surface area contributed by atoms with Crippen molar-refractivity contribution in [3.8, 4) is 0 Å². The first-order valence-corrected chi connectivity index (χ1v) is 5.22. The van der Waals surface area contributed by atoms with Gasteiger partial charge in [0.05, 0.1) is 12.2 Å². The van der Waals surface area contributed by atoms with Gasteiger partial charge in [-0.1, -0.05) is 12.2 Å². The van der Waals surface area contributed by atoms with Gasteiger partial charge in [-0.15, -0.1) is 0 Å². The lowest BCUT2D eigenvalue weighted by molar-refractivity contribution is 0.0793. The maximum atomic E-state index is 5.95. The number of fused-ring (bicyclic) bond motifs is 4. The Morgan fingerprint density at radius 1 is 1.33 bits per heavy atom. The van der Waals surface area contributed by atoms with Crippen LogP contribution in [0.1, 0.15) is 25.7 Å². The van der Waals surface area contributed by atoms with Crippen molar-refractivity contribution in [3.63, 3.8) is 0 Å².